The van der Waals surface area contributed by atoms with Gasteiger partial charge >= 0.3 is 5.97 Å². The van der Waals surface area contributed by atoms with Gasteiger partial charge in [0.1, 0.15) is 35.3 Å². The van der Waals surface area contributed by atoms with Gasteiger partial charge in [0.15, 0.2) is 0 Å². The lowest BCUT2D eigenvalue weighted by Gasteiger charge is -2.48. The average molecular weight is 776 g/mol. The number of phenols is 1. The van der Waals surface area contributed by atoms with Crippen LogP contribution in [0.5, 0.6) is 5.75 Å². The summed E-state index contributed by atoms with van der Waals surface area (Å²) in [5.74, 6) is -4.03. The van der Waals surface area contributed by atoms with E-state index < -0.39 is 75.4 Å². The molecule has 2 fully saturated rings. The maximum absolute atomic E-state index is 14.1. The highest BCUT2D eigenvalue weighted by molar-refractivity contribution is 8.01. The van der Waals surface area contributed by atoms with Gasteiger partial charge in [0.25, 0.3) is 11.5 Å². The van der Waals surface area contributed by atoms with Crippen LogP contribution in [0.3, 0.4) is 0 Å². The number of nitrogens with zero attached hydrogens (tertiary/aromatic N) is 3. The van der Waals surface area contributed by atoms with Crippen molar-refractivity contribution in [2.24, 2.45) is 11.5 Å². The number of carbonyl (C=O) groups is 6. The van der Waals surface area contributed by atoms with Crippen molar-refractivity contribution in [3.05, 3.63) is 82.1 Å². The second-order valence-corrected chi connectivity index (χ2v) is 15.9. The summed E-state index contributed by atoms with van der Waals surface area (Å²) >= 11 is 1.25. The predicted molar refractivity (Wildman–Crippen MR) is 204 cm³/mol. The third kappa shape index (κ3) is 8.43. The Hall–Kier alpha value is -5.52. The molecule has 2 aliphatic heterocycles. The normalized spacial score (nSPS) is 19.4. The predicted octanol–water partition coefficient (Wildman–Crippen LogP) is 1.80. The topological polar surface area (TPSA) is 250 Å². The van der Waals surface area contributed by atoms with Gasteiger partial charge in [-0.15, -0.1) is 11.8 Å². The fourth-order valence-electron chi connectivity index (χ4n) is 6.98. The molecule has 3 aromatic rings. The van der Waals surface area contributed by atoms with Gasteiger partial charge in [-0.05, 0) is 87.2 Å². The first-order valence-corrected chi connectivity index (χ1v) is 18.6. The number of aromatic amines is 1. The maximum Gasteiger partial charge on any atom is 0.327 e. The van der Waals surface area contributed by atoms with E-state index in [0.29, 0.717) is 42.6 Å². The van der Waals surface area contributed by atoms with Crippen LogP contribution in [0.4, 0.5) is 5.69 Å². The Morgan fingerprint density at radius 1 is 0.964 bits per heavy atom. The molecule has 0 radical (unpaired) electrons. The van der Waals surface area contributed by atoms with Crippen LogP contribution < -0.4 is 27.2 Å². The zero-order valence-electron chi connectivity index (χ0n) is 30.9. The standard InChI is InChI=1S/C38H45N7O9S/c1-20(46)41-28(7-5-6-18-39)33(50)44(21(2)47)25-13-8-22(9-14-25)27-17-12-24(32(49)42-27)19-43(34(51)29(40)23-10-15-26(48)16-11-23)30-35(52)45-31(37(53)54)38(3,4)55-36(30)45/h8-17,28-31,36,48H,5-7,18-19,39-40H2,1-4H3,(H,41,46)(H,42,49)(H,53,54)/t28?,29?,30-,31+,36-/m1/s1. The first-order chi connectivity index (χ1) is 26.0. The van der Waals surface area contributed by atoms with Crippen LogP contribution in [0.1, 0.15) is 64.1 Å². The summed E-state index contributed by atoms with van der Waals surface area (Å²) in [5.41, 5.74) is 13.0. The van der Waals surface area contributed by atoms with Crippen LogP contribution in [-0.2, 0) is 35.3 Å². The van der Waals surface area contributed by atoms with Crippen molar-refractivity contribution in [1.82, 2.24) is 20.1 Å². The molecule has 5 rings (SSSR count). The first kappa shape index (κ1) is 40.7. The number of β-lactam (4-membered cyclic amide) rings is 1. The molecule has 55 heavy (non-hydrogen) atoms. The number of unbranched alkanes of at least 4 members (excludes halogenated alkanes) is 1. The second kappa shape index (κ2) is 16.5. The Balaban J connectivity index is 1.41. The summed E-state index contributed by atoms with van der Waals surface area (Å²) < 4.78 is -0.865. The third-order valence-corrected chi connectivity index (χ3v) is 11.3. The van der Waals surface area contributed by atoms with Gasteiger partial charge in [0.05, 0.1) is 12.2 Å². The molecule has 2 aliphatic rings. The molecule has 2 unspecified atom stereocenters. The summed E-state index contributed by atoms with van der Waals surface area (Å²) in [6.45, 7) is 6.05. The van der Waals surface area contributed by atoms with E-state index in [9.17, 15) is 43.8 Å². The van der Waals surface area contributed by atoms with E-state index in [1.54, 1.807) is 32.0 Å². The first-order valence-electron chi connectivity index (χ1n) is 17.7. The van der Waals surface area contributed by atoms with Crippen molar-refractivity contribution in [3.8, 4) is 17.0 Å². The molecule has 0 spiro atoms. The minimum Gasteiger partial charge on any atom is -0.508 e. The number of hydrogen-bond donors (Lipinski definition) is 6. The summed E-state index contributed by atoms with van der Waals surface area (Å²) in [4.78, 5) is 97.7. The number of carbonyl (C=O) groups excluding carboxylic acids is 5. The number of aliphatic carboxylic acids is 1. The number of rotatable bonds is 14. The molecule has 292 valence electrons. The van der Waals surface area contributed by atoms with Crippen molar-refractivity contribution in [2.45, 2.75) is 87.8 Å². The fourth-order valence-corrected chi connectivity index (χ4v) is 8.68. The van der Waals surface area contributed by atoms with Crippen LogP contribution in [0.25, 0.3) is 11.3 Å². The van der Waals surface area contributed by atoms with E-state index >= 15 is 0 Å². The van der Waals surface area contributed by atoms with Crippen LogP contribution in [0, 0.1) is 0 Å². The van der Waals surface area contributed by atoms with Gasteiger partial charge < -0.3 is 41.8 Å². The summed E-state index contributed by atoms with van der Waals surface area (Å²) in [6.07, 6.45) is 1.50. The molecule has 17 heteroatoms. The van der Waals surface area contributed by atoms with E-state index in [1.165, 1.54) is 77.9 Å². The van der Waals surface area contributed by atoms with Crippen molar-refractivity contribution >= 4 is 53.0 Å². The SMILES string of the molecule is CC(=O)NC(CCCCN)C(=O)N(C(C)=O)c1ccc(-c2ccc(CN(C(=O)C(N)c3ccc(O)cc3)[C@@H]3C(=O)N4[C@@H]3SC(C)(C)[C@@H]4C(=O)O)c(=O)[nH]2)cc1. The number of aromatic hydroxyl groups is 1. The van der Waals surface area contributed by atoms with E-state index in [-0.39, 0.29) is 23.5 Å². The highest BCUT2D eigenvalue weighted by atomic mass is 32.2. The molecule has 2 aromatic carbocycles. The summed E-state index contributed by atoms with van der Waals surface area (Å²) in [7, 11) is 0. The number of H-pyrrole nitrogens is 1. The molecule has 0 saturated carbocycles. The van der Waals surface area contributed by atoms with Gasteiger partial charge in [-0.25, -0.2) is 9.69 Å². The van der Waals surface area contributed by atoms with Gasteiger partial charge in [-0.1, -0.05) is 24.3 Å². The average Bonchev–Trinajstić information content (AvgIpc) is 3.38. The number of phenolic OH excluding ortho intramolecular Hbond substituents is 1. The number of carboxylic acids is 1. The van der Waals surface area contributed by atoms with Crippen molar-refractivity contribution in [3.63, 3.8) is 0 Å². The Morgan fingerprint density at radius 3 is 2.18 bits per heavy atom. The van der Waals surface area contributed by atoms with Crippen LogP contribution >= 0.6 is 11.8 Å². The minimum atomic E-state index is -1.27. The lowest BCUT2D eigenvalue weighted by molar-refractivity contribution is -0.169. The van der Waals surface area contributed by atoms with E-state index in [4.69, 9.17) is 11.5 Å². The smallest absolute Gasteiger partial charge is 0.327 e. The Morgan fingerprint density at radius 2 is 1.62 bits per heavy atom. The number of aromatic nitrogens is 1. The number of carboxylic acid groups (broad SMARTS) is 1. The number of fused-ring (bicyclic) bond motifs is 1. The van der Waals surface area contributed by atoms with Gasteiger partial charge in [-0.3, -0.25) is 28.8 Å². The molecule has 16 nitrogen and oxygen atoms in total. The highest BCUT2D eigenvalue weighted by Gasteiger charge is 2.66. The number of imide groups is 1. The molecule has 2 saturated heterocycles. The largest absolute Gasteiger partial charge is 0.508 e. The minimum absolute atomic E-state index is 0.0371. The monoisotopic (exact) mass is 775 g/mol. The molecule has 0 aliphatic carbocycles. The lowest BCUT2D eigenvalue weighted by Crippen LogP contribution is -2.71. The molecule has 0 bridgehead atoms. The zero-order chi connectivity index (χ0) is 40.4. The molecule has 1 aromatic heterocycles. The van der Waals surface area contributed by atoms with Gasteiger partial charge in [0.2, 0.25) is 23.6 Å². The molecule has 5 atom stereocenters. The number of thioether (sulfide) groups is 1. The van der Waals surface area contributed by atoms with Crippen molar-refractivity contribution < 1.29 is 39.0 Å². The molecule has 3 heterocycles. The van der Waals surface area contributed by atoms with Crippen molar-refractivity contribution in [1.29, 1.82) is 0 Å². The van der Waals surface area contributed by atoms with Crippen LogP contribution in [-0.4, -0.2) is 95.3 Å². The number of benzene rings is 2. The van der Waals surface area contributed by atoms with Gasteiger partial charge in [0, 0.05) is 29.9 Å². The van der Waals surface area contributed by atoms with Crippen molar-refractivity contribution in [2.75, 3.05) is 11.4 Å². The second-order valence-electron chi connectivity index (χ2n) is 14.1. The highest BCUT2D eigenvalue weighted by Crippen LogP contribution is 2.52. The quantitative estimate of drug-likeness (QED) is 0.101. The lowest BCUT2D eigenvalue weighted by atomic mass is 9.94. The number of hydrogen-bond acceptors (Lipinski definition) is 11. The van der Waals surface area contributed by atoms with Gasteiger partial charge in [-0.2, -0.15) is 0 Å². The van der Waals surface area contributed by atoms with Crippen LogP contribution in [0.2, 0.25) is 0 Å². The Kier molecular flexibility index (Phi) is 12.2. The third-order valence-electron chi connectivity index (χ3n) is 9.71. The number of nitrogens with one attached hydrogen (secondary N) is 2. The number of pyridine rings is 1. The zero-order valence-corrected chi connectivity index (χ0v) is 31.7. The molecular weight excluding hydrogens is 731 g/mol. The number of amides is 5. The summed E-state index contributed by atoms with van der Waals surface area (Å²) in [6, 6.07) is 10.7. The maximum atomic E-state index is 14.1. The van der Waals surface area contributed by atoms with E-state index in [2.05, 4.69) is 10.3 Å². The molecule has 8 N–H and O–H groups in total. The molecular formula is C38H45N7O9S. The van der Waals surface area contributed by atoms with E-state index in [0.717, 1.165) is 4.90 Å². The van der Waals surface area contributed by atoms with E-state index in [1.807, 2.05) is 0 Å². The Bertz CT molecular complexity index is 2040. The number of anilines is 1. The summed E-state index contributed by atoms with van der Waals surface area (Å²) in [5, 5.41) is 21.6. The molecule has 5 amide bonds. The fraction of sp³-hybridized carbons (Fsp3) is 0.395. The Labute approximate surface area is 321 Å². The van der Waals surface area contributed by atoms with Crippen LogP contribution in [0.15, 0.2) is 65.5 Å². The number of nitrogens with two attached hydrogens (primary N) is 2.